The molecule has 5 rings (SSSR count). The van der Waals surface area contributed by atoms with Crippen molar-refractivity contribution in [2.45, 2.75) is 20.3 Å². The molecule has 0 radical (unpaired) electrons. The number of pyridine rings is 1. The Morgan fingerprint density at radius 2 is 1.85 bits per heavy atom. The van der Waals surface area contributed by atoms with Gasteiger partial charge in [0.25, 0.3) is 0 Å². The predicted octanol–water partition coefficient (Wildman–Crippen LogP) is 7.70. The number of hydrogen-bond donors (Lipinski definition) is 2. The second-order valence-corrected chi connectivity index (χ2v) is 8.04. The van der Waals surface area contributed by atoms with Gasteiger partial charge in [0.2, 0.25) is 0 Å². The zero-order chi connectivity index (χ0) is 22.8. The molecule has 162 valence electrons. The number of nitrogens with zero attached hydrogens (tertiary/aromatic N) is 2. The van der Waals surface area contributed by atoms with E-state index in [2.05, 4.69) is 95.2 Å². The Hall–Kier alpha value is -4.18. The molecular weight excluding hydrogens is 404 g/mol. The third-order valence-electron chi connectivity index (χ3n) is 6.13. The van der Waals surface area contributed by atoms with Crippen LogP contribution in [0.5, 0.6) is 0 Å². The second-order valence-electron chi connectivity index (χ2n) is 8.04. The van der Waals surface area contributed by atoms with Crippen LogP contribution >= 0.6 is 0 Å². The first-order chi connectivity index (χ1) is 16.2. The molecule has 0 saturated heterocycles. The summed E-state index contributed by atoms with van der Waals surface area (Å²) in [6, 6.07) is 19.0. The number of rotatable bonds is 6. The normalized spacial score (nSPS) is 12.5. The minimum atomic E-state index is 0.919. The van der Waals surface area contributed by atoms with Crippen LogP contribution in [-0.2, 0) is 0 Å². The smallest absolute Gasteiger partial charge is 0.116 e. The van der Waals surface area contributed by atoms with Crippen molar-refractivity contribution in [3.8, 4) is 22.5 Å². The van der Waals surface area contributed by atoms with Gasteiger partial charge in [-0.25, -0.2) is 0 Å². The SMILES string of the molecule is C=C/C(=C\C(=C/C)c1ccc2[nH]nc(-c3cc4c(-c5ccncc5)cccc4[nH]3)c2c1)CC. The maximum absolute atomic E-state index is 4.67. The summed E-state index contributed by atoms with van der Waals surface area (Å²) in [4.78, 5) is 7.73. The molecule has 0 bridgehead atoms. The predicted molar refractivity (Wildman–Crippen MR) is 139 cm³/mol. The number of fused-ring (bicyclic) bond motifs is 2. The van der Waals surface area contributed by atoms with Crippen molar-refractivity contribution in [1.82, 2.24) is 20.2 Å². The molecule has 0 aliphatic heterocycles. The Bertz CT molecular complexity index is 1510. The highest BCUT2D eigenvalue weighted by Crippen LogP contribution is 2.34. The van der Waals surface area contributed by atoms with E-state index >= 15 is 0 Å². The van der Waals surface area contributed by atoms with Crippen LogP contribution < -0.4 is 0 Å². The zero-order valence-corrected chi connectivity index (χ0v) is 18.9. The molecular formula is C29H26N4. The Balaban J connectivity index is 1.63. The first-order valence-electron chi connectivity index (χ1n) is 11.2. The van der Waals surface area contributed by atoms with Gasteiger partial charge in [-0.05, 0) is 77.6 Å². The van der Waals surface area contributed by atoms with Crippen molar-refractivity contribution < 1.29 is 0 Å². The van der Waals surface area contributed by atoms with Gasteiger partial charge in [0.05, 0.1) is 11.2 Å². The van der Waals surface area contributed by atoms with Gasteiger partial charge < -0.3 is 4.98 Å². The zero-order valence-electron chi connectivity index (χ0n) is 18.9. The number of aromatic amines is 2. The molecule has 0 atom stereocenters. The average Bonchev–Trinajstić information content (AvgIpc) is 3.49. The molecule has 2 aromatic carbocycles. The second kappa shape index (κ2) is 8.75. The molecule has 5 aromatic rings. The highest BCUT2D eigenvalue weighted by atomic mass is 15.1. The molecule has 0 aliphatic carbocycles. The third-order valence-corrected chi connectivity index (χ3v) is 6.13. The minimum Gasteiger partial charge on any atom is -0.353 e. The van der Waals surface area contributed by atoms with E-state index in [1.807, 2.05) is 30.6 Å². The molecule has 0 unspecified atom stereocenters. The van der Waals surface area contributed by atoms with E-state index in [1.165, 1.54) is 22.1 Å². The van der Waals surface area contributed by atoms with Gasteiger partial charge in [-0.15, -0.1) is 0 Å². The van der Waals surface area contributed by atoms with Gasteiger partial charge in [0.15, 0.2) is 0 Å². The van der Waals surface area contributed by atoms with E-state index in [0.717, 1.165) is 45.4 Å². The molecule has 0 saturated carbocycles. The maximum atomic E-state index is 4.67. The summed E-state index contributed by atoms with van der Waals surface area (Å²) in [6.07, 6.45) is 10.9. The number of aromatic nitrogens is 4. The summed E-state index contributed by atoms with van der Waals surface area (Å²) in [5.41, 5.74) is 9.89. The van der Waals surface area contributed by atoms with Crippen LogP contribution in [0.25, 0.3) is 49.9 Å². The summed E-state index contributed by atoms with van der Waals surface area (Å²) in [5, 5.41) is 10.1. The van der Waals surface area contributed by atoms with E-state index in [-0.39, 0.29) is 0 Å². The lowest BCUT2D eigenvalue weighted by Crippen LogP contribution is -1.85. The molecule has 0 spiro atoms. The van der Waals surface area contributed by atoms with Crippen molar-refractivity contribution in [3.63, 3.8) is 0 Å². The number of benzene rings is 2. The first-order valence-corrected chi connectivity index (χ1v) is 11.2. The molecule has 33 heavy (non-hydrogen) atoms. The fraction of sp³-hybridized carbons (Fsp3) is 0.103. The fourth-order valence-electron chi connectivity index (χ4n) is 4.30. The summed E-state index contributed by atoms with van der Waals surface area (Å²) in [5.74, 6) is 0. The van der Waals surface area contributed by atoms with Crippen LogP contribution in [0.4, 0.5) is 0 Å². The lowest BCUT2D eigenvalue weighted by Gasteiger charge is -2.05. The number of hydrogen-bond acceptors (Lipinski definition) is 2. The quantitative estimate of drug-likeness (QED) is 0.271. The highest BCUT2D eigenvalue weighted by Gasteiger charge is 2.14. The molecule has 4 heteroatoms. The molecule has 0 fully saturated rings. The largest absolute Gasteiger partial charge is 0.353 e. The average molecular weight is 431 g/mol. The molecule has 3 aromatic heterocycles. The number of nitrogens with one attached hydrogen (secondary N) is 2. The van der Waals surface area contributed by atoms with Crippen LogP contribution in [0, 0.1) is 0 Å². The fourth-order valence-corrected chi connectivity index (χ4v) is 4.30. The van der Waals surface area contributed by atoms with E-state index in [0.29, 0.717) is 0 Å². The van der Waals surface area contributed by atoms with Crippen LogP contribution in [-0.4, -0.2) is 20.2 Å². The molecule has 2 N–H and O–H groups in total. The number of allylic oxidation sites excluding steroid dienone is 5. The van der Waals surface area contributed by atoms with Gasteiger partial charge in [0.1, 0.15) is 5.69 Å². The number of H-pyrrole nitrogens is 2. The van der Waals surface area contributed by atoms with Gasteiger partial charge >= 0.3 is 0 Å². The Kier molecular flexibility index (Phi) is 5.49. The van der Waals surface area contributed by atoms with Gasteiger partial charge in [-0.2, -0.15) is 5.10 Å². The van der Waals surface area contributed by atoms with E-state index in [1.54, 1.807) is 0 Å². The van der Waals surface area contributed by atoms with Crippen molar-refractivity contribution >= 4 is 27.4 Å². The van der Waals surface area contributed by atoms with Crippen molar-refractivity contribution in [3.05, 3.63) is 103 Å². The van der Waals surface area contributed by atoms with Gasteiger partial charge in [-0.1, -0.05) is 49.9 Å². The topological polar surface area (TPSA) is 57.4 Å². The lowest BCUT2D eigenvalue weighted by atomic mass is 9.99. The molecule has 0 aliphatic rings. The van der Waals surface area contributed by atoms with E-state index in [4.69, 9.17) is 0 Å². The van der Waals surface area contributed by atoms with E-state index < -0.39 is 0 Å². The van der Waals surface area contributed by atoms with Crippen LogP contribution in [0.3, 0.4) is 0 Å². The summed E-state index contributed by atoms with van der Waals surface area (Å²) >= 11 is 0. The standard InChI is InChI=1S/C29H26N4/c1-4-19(5-2)16-20(6-3)22-10-11-27-25(17-22)29(33-32-27)28-18-24-23(8-7-9-26(24)31-28)21-12-14-30-15-13-21/h4,6-18,31H,1,5H2,2-3H3,(H,32,33)/b19-16+,20-6+. The van der Waals surface area contributed by atoms with Crippen molar-refractivity contribution in [1.29, 1.82) is 0 Å². The Morgan fingerprint density at radius 3 is 2.61 bits per heavy atom. The Labute approximate surface area is 193 Å². The molecule has 0 amide bonds. The van der Waals surface area contributed by atoms with Crippen LogP contribution in [0.1, 0.15) is 25.8 Å². The highest BCUT2D eigenvalue weighted by molar-refractivity contribution is 6.01. The third kappa shape index (κ3) is 3.80. The summed E-state index contributed by atoms with van der Waals surface area (Å²) < 4.78 is 0. The van der Waals surface area contributed by atoms with Crippen molar-refractivity contribution in [2.24, 2.45) is 0 Å². The Morgan fingerprint density at radius 1 is 1.00 bits per heavy atom. The van der Waals surface area contributed by atoms with Crippen molar-refractivity contribution in [2.75, 3.05) is 0 Å². The van der Waals surface area contributed by atoms with Gasteiger partial charge in [-0.3, -0.25) is 10.1 Å². The molecule has 3 heterocycles. The lowest BCUT2D eigenvalue weighted by molar-refractivity contribution is 1.12. The summed E-state index contributed by atoms with van der Waals surface area (Å²) in [7, 11) is 0. The summed E-state index contributed by atoms with van der Waals surface area (Å²) in [6.45, 7) is 8.16. The van der Waals surface area contributed by atoms with E-state index in [9.17, 15) is 0 Å². The maximum Gasteiger partial charge on any atom is 0.116 e. The van der Waals surface area contributed by atoms with Crippen LogP contribution in [0.2, 0.25) is 0 Å². The monoisotopic (exact) mass is 430 g/mol. The van der Waals surface area contributed by atoms with Gasteiger partial charge in [0, 0.05) is 28.7 Å². The molecule has 4 nitrogen and oxygen atoms in total. The van der Waals surface area contributed by atoms with Crippen LogP contribution in [0.15, 0.2) is 97.4 Å². The first kappa shape index (κ1) is 20.7. The minimum absolute atomic E-state index is 0.919.